The summed E-state index contributed by atoms with van der Waals surface area (Å²) in [6, 6.07) is 5.68. The Balaban J connectivity index is 2.20. The van der Waals surface area contributed by atoms with E-state index in [2.05, 4.69) is 5.32 Å². The van der Waals surface area contributed by atoms with Crippen molar-refractivity contribution in [2.24, 2.45) is 5.41 Å². The lowest BCUT2D eigenvalue weighted by Crippen LogP contribution is -2.44. The van der Waals surface area contributed by atoms with Crippen molar-refractivity contribution in [2.75, 3.05) is 19.7 Å². The molecule has 1 unspecified atom stereocenters. The van der Waals surface area contributed by atoms with E-state index < -0.39 is 0 Å². The molecule has 0 aliphatic carbocycles. The van der Waals surface area contributed by atoms with Crippen LogP contribution in [0.2, 0.25) is 10.0 Å². The molecule has 1 saturated heterocycles. The van der Waals surface area contributed by atoms with Crippen LogP contribution in [0.5, 0.6) is 0 Å². The van der Waals surface area contributed by atoms with E-state index in [1.165, 1.54) is 0 Å². The molecule has 0 aromatic heterocycles. The van der Waals surface area contributed by atoms with E-state index in [9.17, 15) is 5.11 Å². The van der Waals surface area contributed by atoms with Gasteiger partial charge in [-0.2, -0.15) is 0 Å². The van der Waals surface area contributed by atoms with E-state index in [-0.39, 0.29) is 12.0 Å². The maximum atomic E-state index is 9.65. The molecule has 1 aromatic rings. The van der Waals surface area contributed by atoms with Gasteiger partial charge in [0.2, 0.25) is 0 Å². The van der Waals surface area contributed by atoms with Crippen molar-refractivity contribution in [2.45, 2.75) is 19.3 Å². The summed E-state index contributed by atoms with van der Waals surface area (Å²) in [4.78, 5) is 0. The molecule has 0 amide bonds. The fraction of sp³-hybridized carbons (Fsp3) is 0.538. The molecule has 2 N–H and O–H groups in total. The van der Waals surface area contributed by atoms with E-state index in [1.54, 1.807) is 6.07 Å². The lowest BCUT2D eigenvalue weighted by molar-refractivity contribution is 0.0948. The van der Waals surface area contributed by atoms with Gasteiger partial charge in [0.1, 0.15) is 0 Å². The lowest BCUT2D eigenvalue weighted by Gasteiger charge is -2.36. The zero-order chi connectivity index (χ0) is 12.3. The second-order valence-corrected chi connectivity index (χ2v) is 5.61. The molecule has 4 heteroatoms. The average molecular weight is 274 g/mol. The number of hydrogen-bond donors (Lipinski definition) is 2. The highest BCUT2D eigenvalue weighted by atomic mass is 35.5. The van der Waals surface area contributed by atoms with Crippen LogP contribution in [0.4, 0.5) is 0 Å². The number of aliphatic hydroxyl groups excluding tert-OH is 1. The Morgan fingerprint density at radius 3 is 2.82 bits per heavy atom. The Kier molecular flexibility index (Phi) is 4.31. The van der Waals surface area contributed by atoms with Crippen LogP contribution in [0.3, 0.4) is 0 Å². The minimum absolute atomic E-state index is 0.0907. The van der Waals surface area contributed by atoms with Crippen molar-refractivity contribution in [3.63, 3.8) is 0 Å². The van der Waals surface area contributed by atoms with Crippen LogP contribution >= 0.6 is 23.2 Å². The van der Waals surface area contributed by atoms with Gasteiger partial charge in [-0.1, -0.05) is 35.3 Å². The standard InChI is InChI=1S/C13H17Cl2NO/c14-11-4-1-3-10(12(11)15)7-13(9-17)5-2-6-16-8-13/h1,3-4,16-17H,2,5-9H2. The fourth-order valence-electron chi connectivity index (χ4n) is 2.46. The number of aliphatic hydroxyl groups is 1. The normalized spacial score (nSPS) is 24.9. The number of nitrogens with one attached hydrogen (secondary N) is 1. The largest absolute Gasteiger partial charge is 0.396 e. The third-order valence-corrected chi connectivity index (χ3v) is 4.35. The minimum Gasteiger partial charge on any atom is -0.396 e. The number of piperidine rings is 1. The van der Waals surface area contributed by atoms with Gasteiger partial charge in [-0.15, -0.1) is 0 Å². The van der Waals surface area contributed by atoms with E-state index >= 15 is 0 Å². The summed E-state index contributed by atoms with van der Waals surface area (Å²) in [5.41, 5.74) is 0.934. The number of hydrogen-bond acceptors (Lipinski definition) is 2. The molecular weight excluding hydrogens is 257 g/mol. The summed E-state index contributed by atoms with van der Waals surface area (Å²) in [5.74, 6) is 0. The minimum atomic E-state index is -0.0907. The zero-order valence-corrected chi connectivity index (χ0v) is 11.2. The van der Waals surface area contributed by atoms with Crippen molar-refractivity contribution < 1.29 is 5.11 Å². The van der Waals surface area contributed by atoms with Gasteiger partial charge in [-0.05, 0) is 37.4 Å². The predicted molar refractivity (Wildman–Crippen MR) is 71.8 cm³/mol. The molecule has 1 atom stereocenters. The van der Waals surface area contributed by atoms with Gasteiger partial charge in [0.15, 0.2) is 0 Å². The third-order valence-electron chi connectivity index (χ3n) is 3.49. The summed E-state index contributed by atoms with van der Waals surface area (Å²) in [5, 5.41) is 14.2. The lowest BCUT2D eigenvalue weighted by atomic mass is 9.76. The smallest absolute Gasteiger partial charge is 0.0624 e. The molecule has 0 radical (unpaired) electrons. The van der Waals surface area contributed by atoms with Gasteiger partial charge < -0.3 is 10.4 Å². The highest BCUT2D eigenvalue weighted by Crippen LogP contribution is 2.34. The van der Waals surface area contributed by atoms with Gasteiger partial charge >= 0.3 is 0 Å². The van der Waals surface area contributed by atoms with Crippen molar-refractivity contribution in [3.05, 3.63) is 33.8 Å². The molecule has 0 spiro atoms. The first-order valence-electron chi connectivity index (χ1n) is 5.91. The van der Waals surface area contributed by atoms with Crippen molar-refractivity contribution in [1.82, 2.24) is 5.32 Å². The number of rotatable bonds is 3. The number of halogens is 2. The third kappa shape index (κ3) is 2.94. The molecule has 0 bridgehead atoms. The van der Waals surface area contributed by atoms with Crippen LogP contribution < -0.4 is 5.32 Å². The van der Waals surface area contributed by atoms with Crippen LogP contribution in [-0.2, 0) is 6.42 Å². The van der Waals surface area contributed by atoms with E-state index in [4.69, 9.17) is 23.2 Å². The van der Waals surface area contributed by atoms with E-state index in [0.717, 1.165) is 37.9 Å². The average Bonchev–Trinajstić information content (AvgIpc) is 2.36. The zero-order valence-electron chi connectivity index (χ0n) is 9.68. The number of benzene rings is 1. The first-order valence-corrected chi connectivity index (χ1v) is 6.67. The fourth-order valence-corrected chi connectivity index (χ4v) is 2.85. The molecule has 2 nitrogen and oxygen atoms in total. The van der Waals surface area contributed by atoms with Crippen molar-refractivity contribution in [1.29, 1.82) is 0 Å². The Hall–Kier alpha value is -0.280. The summed E-state index contributed by atoms with van der Waals surface area (Å²) >= 11 is 12.2. The molecule has 1 fully saturated rings. The Morgan fingerprint density at radius 2 is 2.18 bits per heavy atom. The Morgan fingerprint density at radius 1 is 1.35 bits per heavy atom. The molecule has 94 valence electrons. The van der Waals surface area contributed by atoms with Crippen LogP contribution in [0.1, 0.15) is 18.4 Å². The second kappa shape index (κ2) is 5.57. The Labute approximate surface area is 112 Å². The van der Waals surface area contributed by atoms with E-state index in [0.29, 0.717) is 10.0 Å². The highest BCUT2D eigenvalue weighted by Gasteiger charge is 2.32. The van der Waals surface area contributed by atoms with Gasteiger partial charge in [0.05, 0.1) is 16.7 Å². The first-order chi connectivity index (χ1) is 8.17. The molecular formula is C13H17Cl2NO. The first kappa shape index (κ1) is 13.2. The maximum Gasteiger partial charge on any atom is 0.0624 e. The van der Waals surface area contributed by atoms with Crippen LogP contribution in [0.15, 0.2) is 18.2 Å². The molecule has 1 heterocycles. The van der Waals surface area contributed by atoms with Gasteiger partial charge in [-0.25, -0.2) is 0 Å². The highest BCUT2D eigenvalue weighted by molar-refractivity contribution is 6.42. The summed E-state index contributed by atoms with van der Waals surface area (Å²) in [6.45, 7) is 2.06. The quantitative estimate of drug-likeness (QED) is 0.888. The Bertz CT molecular complexity index is 389. The summed E-state index contributed by atoms with van der Waals surface area (Å²) < 4.78 is 0. The summed E-state index contributed by atoms with van der Waals surface area (Å²) in [7, 11) is 0. The molecule has 1 aromatic carbocycles. The van der Waals surface area contributed by atoms with Crippen LogP contribution in [-0.4, -0.2) is 24.8 Å². The molecule has 0 saturated carbocycles. The topological polar surface area (TPSA) is 32.3 Å². The van der Waals surface area contributed by atoms with Gasteiger partial charge in [0, 0.05) is 12.0 Å². The van der Waals surface area contributed by atoms with Crippen LogP contribution in [0.25, 0.3) is 0 Å². The van der Waals surface area contributed by atoms with Crippen LogP contribution in [0, 0.1) is 5.41 Å². The summed E-state index contributed by atoms with van der Waals surface area (Å²) in [6.07, 6.45) is 2.90. The molecule has 1 aliphatic heterocycles. The SMILES string of the molecule is OCC1(Cc2cccc(Cl)c2Cl)CCCNC1. The molecule has 2 rings (SSSR count). The van der Waals surface area contributed by atoms with E-state index in [1.807, 2.05) is 12.1 Å². The molecule has 1 aliphatic rings. The van der Waals surface area contributed by atoms with Gasteiger partial charge in [0.25, 0.3) is 0 Å². The second-order valence-electron chi connectivity index (χ2n) is 4.83. The van der Waals surface area contributed by atoms with Crippen molar-refractivity contribution >= 4 is 23.2 Å². The predicted octanol–water partition coefficient (Wildman–Crippen LogP) is 2.90. The van der Waals surface area contributed by atoms with Gasteiger partial charge in [-0.3, -0.25) is 0 Å². The maximum absolute atomic E-state index is 9.65. The monoisotopic (exact) mass is 273 g/mol. The molecule has 17 heavy (non-hydrogen) atoms. The van der Waals surface area contributed by atoms with Crippen molar-refractivity contribution in [3.8, 4) is 0 Å².